The van der Waals surface area contributed by atoms with Gasteiger partial charge in [0.15, 0.2) is 5.94 Å². The Morgan fingerprint density at radius 2 is 2.14 bits per heavy atom. The fourth-order valence-electron chi connectivity index (χ4n) is 0.0563. The lowest BCUT2D eigenvalue weighted by molar-refractivity contribution is 0.381. The van der Waals surface area contributed by atoms with Crippen LogP contribution in [0.4, 0.5) is 0 Å². The highest BCUT2D eigenvalue weighted by Gasteiger charge is 2.00. The topological polar surface area (TPSA) is 63.6 Å². The SMILES string of the molecule is O=S(=O)(O)COCl. The largest absolute Gasteiger partial charge is 0.291 e. The van der Waals surface area contributed by atoms with Crippen molar-refractivity contribution in [1.29, 1.82) is 0 Å². The first-order valence-electron chi connectivity index (χ1n) is 1.25. The van der Waals surface area contributed by atoms with Gasteiger partial charge in [0, 0.05) is 0 Å². The van der Waals surface area contributed by atoms with Gasteiger partial charge in [-0.2, -0.15) is 8.42 Å². The molecule has 6 heteroatoms. The predicted molar refractivity (Wildman–Crippen MR) is 23.4 cm³/mol. The third-order valence-corrected chi connectivity index (χ3v) is 0.848. The summed E-state index contributed by atoms with van der Waals surface area (Å²) in [5.74, 6) is -0.867. The molecule has 7 heavy (non-hydrogen) atoms. The van der Waals surface area contributed by atoms with E-state index in [1.54, 1.807) is 0 Å². The Kier molecular flexibility index (Phi) is 2.52. The van der Waals surface area contributed by atoms with Gasteiger partial charge >= 0.3 is 0 Å². The van der Waals surface area contributed by atoms with Crippen molar-refractivity contribution in [3.63, 3.8) is 0 Å². The second kappa shape index (κ2) is 2.46. The zero-order valence-corrected chi connectivity index (χ0v) is 4.74. The second-order valence-corrected chi connectivity index (χ2v) is 2.43. The monoisotopic (exact) mass is 146 g/mol. The minimum Gasteiger partial charge on any atom is -0.284 e. The van der Waals surface area contributed by atoms with Crippen molar-refractivity contribution in [3.05, 3.63) is 0 Å². The fourth-order valence-corrected chi connectivity index (χ4v) is 0.507. The van der Waals surface area contributed by atoms with Crippen LogP contribution in [-0.4, -0.2) is 18.9 Å². The summed E-state index contributed by atoms with van der Waals surface area (Å²) < 4.78 is 30.5. The van der Waals surface area contributed by atoms with E-state index in [0.29, 0.717) is 0 Å². The minimum atomic E-state index is -4.03. The van der Waals surface area contributed by atoms with Crippen molar-refractivity contribution < 1.29 is 17.3 Å². The molecule has 0 aliphatic rings. The van der Waals surface area contributed by atoms with E-state index in [1.807, 2.05) is 0 Å². The summed E-state index contributed by atoms with van der Waals surface area (Å²) in [6.07, 6.45) is 0. The molecule has 0 fully saturated rings. The number of rotatable bonds is 2. The van der Waals surface area contributed by atoms with Crippen LogP contribution < -0.4 is 0 Å². The molecule has 0 aromatic heterocycles. The Balaban J connectivity index is 3.60. The minimum absolute atomic E-state index is 0.867. The molecule has 0 aromatic rings. The average molecular weight is 147 g/mol. The van der Waals surface area contributed by atoms with Gasteiger partial charge in [0.25, 0.3) is 10.1 Å². The quantitative estimate of drug-likeness (QED) is 0.557. The molecule has 0 spiro atoms. The van der Waals surface area contributed by atoms with Crippen molar-refractivity contribution >= 4 is 22.0 Å². The number of hydrogen-bond donors (Lipinski definition) is 1. The Labute approximate surface area is 46.0 Å². The Bertz CT molecular complexity index is 125. The van der Waals surface area contributed by atoms with E-state index in [2.05, 4.69) is 16.2 Å². The summed E-state index contributed by atoms with van der Waals surface area (Å²) in [6, 6.07) is 0. The lowest BCUT2D eigenvalue weighted by Crippen LogP contribution is -2.02. The molecule has 0 atom stereocenters. The highest BCUT2D eigenvalue weighted by Crippen LogP contribution is 1.85. The Morgan fingerprint density at radius 3 is 2.14 bits per heavy atom. The first-order chi connectivity index (χ1) is 3.06. The first kappa shape index (κ1) is 7.16. The summed E-state index contributed by atoms with van der Waals surface area (Å²) in [6.45, 7) is 0. The van der Waals surface area contributed by atoms with Crippen LogP contribution in [0.25, 0.3) is 0 Å². The van der Waals surface area contributed by atoms with Crippen LogP contribution in [0.3, 0.4) is 0 Å². The van der Waals surface area contributed by atoms with E-state index in [0.717, 1.165) is 0 Å². The molecule has 0 aliphatic carbocycles. The molecule has 0 saturated heterocycles. The van der Waals surface area contributed by atoms with Gasteiger partial charge in [0.05, 0.1) is 11.9 Å². The van der Waals surface area contributed by atoms with Gasteiger partial charge in [-0.25, -0.2) is 0 Å². The molecule has 0 radical (unpaired) electrons. The second-order valence-electron chi connectivity index (χ2n) is 0.809. The summed E-state index contributed by atoms with van der Waals surface area (Å²) >= 11 is 4.45. The van der Waals surface area contributed by atoms with Crippen LogP contribution in [0, 0.1) is 0 Å². The van der Waals surface area contributed by atoms with Crippen molar-refractivity contribution in [2.75, 3.05) is 5.94 Å². The van der Waals surface area contributed by atoms with E-state index in [1.165, 1.54) is 0 Å². The lowest BCUT2D eigenvalue weighted by atomic mass is 11.7. The Hall–Kier alpha value is 0.160. The van der Waals surface area contributed by atoms with E-state index in [4.69, 9.17) is 4.55 Å². The molecular formula is CH3ClO4S. The predicted octanol–water partition coefficient (Wildman–Crippen LogP) is 0.00210. The van der Waals surface area contributed by atoms with Crippen LogP contribution in [-0.2, 0) is 14.4 Å². The van der Waals surface area contributed by atoms with Gasteiger partial charge in [0.1, 0.15) is 0 Å². The zero-order chi connectivity index (χ0) is 5.91. The molecule has 0 aliphatic heterocycles. The standard InChI is InChI=1S/CH3ClO4S/c2-6-1-7(3,4)5/h1H2,(H,3,4,5). The van der Waals surface area contributed by atoms with E-state index in [9.17, 15) is 8.42 Å². The molecule has 0 heterocycles. The molecule has 0 rings (SSSR count). The highest BCUT2D eigenvalue weighted by atomic mass is 35.5. The summed E-state index contributed by atoms with van der Waals surface area (Å²) in [5.41, 5.74) is 0. The normalized spacial score (nSPS) is 11.7. The Morgan fingerprint density at radius 1 is 1.71 bits per heavy atom. The van der Waals surface area contributed by atoms with Gasteiger partial charge in [-0.1, -0.05) is 0 Å². The van der Waals surface area contributed by atoms with Crippen LogP contribution in [0.15, 0.2) is 0 Å². The lowest BCUT2D eigenvalue weighted by Gasteiger charge is -1.85. The molecular weight excluding hydrogens is 144 g/mol. The molecule has 1 N–H and O–H groups in total. The average Bonchev–Trinajstić information content (AvgIpc) is 1.30. The summed E-state index contributed by atoms with van der Waals surface area (Å²) in [5, 5.41) is 0. The van der Waals surface area contributed by atoms with Gasteiger partial charge in [-0.15, -0.1) is 0 Å². The maximum atomic E-state index is 9.58. The van der Waals surface area contributed by atoms with Gasteiger partial charge in [0.2, 0.25) is 0 Å². The molecule has 0 bridgehead atoms. The molecule has 0 unspecified atom stereocenters. The molecule has 4 nitrogen and oxygen atoms in total. The molecule has 0 amide bonds. The zero-order valence-electron chi connectivity index (χ0n) is 3.17. The first-order valence-corrected chi connectivity index (χ1v) is 3.17. The van der Waals surface area contributed by atoms with Gasteiger partial charge in [-0.05, 0) is 0 Å². The number of hydrogen-bond acceptors (Lipinski definition) is 3. The van der Waals surface area contributed by atoms with Crippen molar-refractivity contribution in [2.24, 2.45) is 0 Å². The highest BCUT2D eigenvalue weighted by molar-refractivity contribution is 7.85. The third-order valence-electron chi connectivity index (χ3n) is 0.193. The van der Waals surface area contributed by atoms with Gasteiger partial charge < -0.3 is 0 Å². The van der Waals surface area contributed by atoms with E-state index in [-0.39, 0.29) is 0 Å². The van der Waals surface area contributed by atoms with Crippen molar-refractivity contribution in [3.8, 4) is 0 Å². The fraction of sp³-hybridized carbons (Fsp3) is 1.00. The van der Waals surface area contributed by atoms with Crippen molar-refractivity contribution in [2.45, 2.75) is 0 Å². The molecule has 0 aromatic carbocycles. The van der Waals surface area contributed by atoms with Crippen LogP contribution in [0.2, 0.25) is 0 Å². The van der Waals surface area contributed by atoms with Gasteiger partial charge in [-0.3, -0.25) is 8.84 Å². The van der Waals surface area contributed by atoms with Crippen LogP contribution in [0.5, 0.6) is 0 Å². The molecule has 0 saturated carbocycles. The van der Waals surface area contributed by atoms with E-state index < -0.39 is 16.1 Å². The van der Waals surface area contributed by atoms with Crippen LogP contribution in [0.1, 0.15) is 0 Å². The maximum Gasteiger partial charge on any atom is 0.291 e. The summed E-state index contributed by atoms with van der Waals surface area (Å²) in [4.78, 5) is 0. The maximum absolute atomic E-state index is 9.58. The summed E-state index contributed by atoms with van der Waals surface area (Å²) in [7, 11) is -4.03. The van der Waals surface area contributed by atoms with Crippen molar-refractivity contribution in [1.82, 2.24) is 0 Å². The van der Waals surface area contributed by atoms with E-state index >= 15 is 0 Å². The van der Waals surface area contributed by atoms with Crippen LogP contribution >= 0.6 is 11.9 Å². The smallest absolute Gasteiger partial charge is 0.284 e. The molecule has 44 valence electrons. The number of halogens is 1. The third kappa shape index (κ3) is 6.16.